The van der Waals surface area contributed by atoms with Gasteiger partial charge in [-0.2, -0.15) is 4.98 Å². The van der Waals surface area contributed by atoms with Crippen molar-refractivity contribution in [3.8, 4) is 17.0 Å². The predicted octanol–water partition coefficient (Wildman–Crippen LogP) is 2.66. The fraction of sp³-hybridized carbons (Fsp3) is 0.158. The summed E-state index contributed by atoms with van der Waals surface area (Å²) in [4.78, 5) is 23.7. The summed E-state index contributed by atoms with van der Waals surface area (Å²) in [6.45, 7) is 0.217. The van der Waals surface area contributed by atoms with Crippen LogP contribution in [-0.4, -0.2) is 39.7 Å². The number of benzene rings is 1. The van der Waals surface area contributed by atoms with Gasteiger partial charge >= 0.3 is 5.97 Å². The third-order valence-electron chi connectivity index (χ3n) is 3.73. The first-order valence-electron chi connectivity index (χ1n) is 8.26. The second-order valence-electron chi connectivity index (χ2n) is 5.62. The number of pyridine rings is 1. The molecule has 3 aromatic rings. The quantitative estimate of drug-likeness (QED) is 0.559. The van der Waals surface area contributed by atoms with Gasteiger partial charge in [-0.1, -0.05) is 18.2 Å². The van der Waals surface area contributed by atoms with E-state index in [0.717, 1.165) is 16.9 Å². The fourth-order valence-corrected chi connectivity index (χ4v) is 2.47. The Kier molecular flexibility index (Phi) is 5.78. The summed E-state index contributed by atoms with van der Waals surface area (Å²) in [5.74, 6) is 0.564. The van der Waals surface area contributed by atoms with Crippen LogP contribution in [0.15, 0.2) is 54.9 Å². The minimum atomic E-state index is -0.992. The number of carboxylic acid groups (broad SMARTS) is 1. The Morgan fingerprint density at radius 2 is 2.00 bits per heavy atom. The molecule has 0 saturated heterocycles. The number of hydrogen-bond donors (Lipinski definition) is 3. The first kappa shape index (κ1) is 18.1. The largest absolute Gasteiger partial charge is 0.496 e. The number of carboxylic acids is 1. The van der Waals surface area contributed by atoms with Gasteiger partial charge in [0.05, 0.1) is 12.8 Å². The zero-order valence-corrected chi connectivity index (χ0v) is 14.7. The Labute approximate surface area is 156 Å². The number of methoxy groups -OCH3 is 1. The van der Waals surface area contributed by atoms with Crippen LogP contribution in [0, 0.1) is 0 Å². The van der Waals surface area contributed by atoms with Crippen molar-refractivity contribution in [3.05, 3.63) is 60.4 Å². The van der Waals surface area contributed by atoms with E-state index >= 15 is 0 Å². The molecule has 8 nitrogen and oxygen atoms in total. The second kappa shape index (κ2) is 8.61. The normalized spacial score (nSPS) is 10.3. The molecule has 3 N–H and O–H groups in total. The Bertz CT molecular complexity index is 918. The highest BCUT2D eigenvalue weighted by atomic mass is 16.5. The molecular formula is C19H19N5O3. The second-order valence-corrected chi connectivity index (χ2v) is 5.62. The topological polar surface area (TPSA) is 109 Å². The molecular weight excluding hydrogens is 346 g/mol. The maximum absolute atomic E-state index is 10.8. The molecule has 0 aliphatic heterocycles. The van der Waals surface area contributed by atoms with Crippen LogP contribution in [0.2, 0.25) is 0 Å². The number of nitrogens with one attached hydrogen (secondary N) is 2. The average Bonchev–Trinajstić information content (AvgIpc) is 2.71. The van der Waals surface area contributed by atoms with Crippen molar-refractivity contribution in [1.29, 1.82) is 0 Å². The molecule has 27 heavy (non-hydrogen) atoms. The lowest BCUT2D eigenvalue weighted by Gasteiger charge is -2.12. The molecule has 2 aromatic heterocycles. The first-order valence-corrected chi connectivity index (χ1v) is 8.26. The van der Waals surface area contributed by atoms with Crippen molar-refractivity contribution < 1.29 is 14.6 Å². The average molecular weight is 365 g/mol. The SMILES string of the molecule is COc1ccccc1CNc1cc(-c2cccnc2)nc(NCC(=O)O)n1. The van der Waals surface area contributed by atoms with Gasteiger partial charge < -0.3 is 20.5 Å². The monoisotopic (exact) mass is 365 g/mol. The van der Waals surface area contributed by atoms with Crippen LogP contribution in [0.4, 0.5) is 11.8 Å². The van der Waals surface area contributed by atoms with Gasteiger partial charge in [0.25, 0.3) is 0 Å². The summed E-state index contributed by atoms with van der Waals surface area (Å²) in [7, 11) is 1.62. The van der Waals surface area contributed by atoms with E-state index in [2.05, 4.69) is 25.6 Å². The van der Waals surface area contributed by atoms with Gasteiger partial charge in [0.2, 0.25) is 5.95 Å². The third kappa shape index (κ3) is 4.91. The molecule has 2 heterocycles. The molecule has 0 saturated carbocycles. The lowest BCUT2D eigenvalue weighted by atomic mass is 10.2. The number of rotatable bonds is 8. The zero-order chi connectivity index (χ0) is 19.1. The van der Waals surface area contributed by atoms with E-state index in [1.54, 1.807) is 25.6 Å². The Morgan fingerprint density at radius 1 is 1.15 bits per heavy atom. The third-order valence-corrected chi connectivity index (χ3v) is 3.73. The van der Waals surface area contributed by atoms with Crippen LogP contribution >= 0.6 is 0 Å². The molecule has 1 aromatic carbocycles. The van der Waals surface area contributed by atoms with E-state index in [0.29, 0.717) is 18.1 Å². The van der Waals surface area contributed by atoms with Gasteiger partial charge in [0.15, 0.2) is 0 Å². The number of aromatic nitrogens is 3. The molecule has 138 valence electrons. The standard InChI is InChI=1S/C19H19N5O3/c1-27-16-7-3-2-5-14(16)11-21-17-9-15(13-6-4-8-20-10-13)23-19(24-17)22-12-18(25)26/h2-10H,11-12H2,1H3,(H,25,26)(H2,21,22,23,24). The number of nitrogens with zero attached hydrogens (tertiary/aromatic N) is 3. The molecule has 0 aliphatic rings. The zero-order valence-electron chi connectivity index (χ0n) is 14.7. The molecule has 0 amide bonds. The summed E-state index contributed by atoms with van der Waals surface area (Å²) in [5, 5.41) is 14.8. The molecule has 8 heteroatoms. The van der Waals surface area contributed by atoms with E-state index in [1.165, 1.54) is 0 Å². The molecule has 0 unspecified atom stereocenters. The van der Waals surface area contributed by atoms with Crippen molar-refractivity contribution in [2.45, 2.75) is 6.54 Å². The van der Waals surface area contributed by atoms with Crippen molar-refractivity contribution in [2.75, 3.05) is 24.3 Å². The minimum Gasteiger partial charge on any atom is -0.496 e. The lowest BCUT2D eigenvalue weighted by Crippen LogP contribution is -2.15. The molecule has 0 fully saturated rings. The van der Waals surface area contributed by atoms with E-state index in [9.17, 15) is 4.79 Å². The number of anilines is 2. The van der Waals surface area contributed by atoms with Crippen molar-refractivity contribution in [2.24, 2.45) is 0 Å². The van der Waals surface area contributed by atoms with E-state index < -0.39 is 5.97 Å². The van der Waals surface area contributed by atoms with Crippen molar-refractivity contribution in [1.82, 2.24) is 15.0 Å². The van der Waals surface area contributed by atoms with Gasteiger partial charge in [-0.3, -0.25) is 9.78 Å². The Morgan fingerprint density at radius 3 is 2.74 bits per heavy atom. The van der Waals surface area contributed by atoms with E-state index in [-0.39, 0.29) is 12.5 Å². The summed E-state index contributed by atoms with van der Waals surface area (Å²) >= 11 is 0. The van der Waals surface area contributed by atoms with Crippen LogP contribution in [0.5, 0.6) is 5.75 Å². The Balaban J connectivity index is 1.86. The van der Waals surface area contributed by atoms with Gasteiger partial charge in [-0.05, 0) is 18.2 Å². The molecule has 0 aliphatic carbocycles. The van der Waals surface area contributed by atoms with Gasteiger partial charge in [-0.25, -0.2) is 4.98 Å². The molecule has 0 bridgehead atoms. The van der Waals surface area contributed by atoms with Gasteiger partial charge in [0.1, 0.15) is 18.1 Å². The van der Waals surface area contributed by atoms with Crippen LogP contribution in [0.25, 0.3) is 11.3 Å². The summed E-state index contributed by atoms with van der Waals surface area (Å²) in [6.07, 6.45) is 3.36. The van der Waals surface area contributed by atoms with Crippen molar-refractivity contribution in [3.63, 3.8) is 0 Å². The maximum atomic E-state index is 10.8. The Hall–Kier alpha value is -3.68. The highest BCUT2D eigenvalue weighted by Crippen LogP contribution is 2.22. The predicted molar refractivity (Wildman–Crippen MR) is 102 cm³/mol. The van der Waals surface area contributed by atoms with Crippen LogP contribution in [-0.2, 0) is 11.3 Å². The number of carbonyl (C=O) groups is 1. The summed E-state index contributed by atoms with van der Waals surface area (Å²) in [6, 6.07) is 13.2. The highest BCUT2D eigenvalue weighted by Gasteiger charge is 2.09. The van der Waals surface area contributed by atoms with Gasteiger partial charge in [-0.15, -0.1) is 0 Å². The van der Waals surface area contributed by atoms with Crippen LogP contribution in [0.3, 0.4) is 0 Å². The highest BCUT2D eigenvalue weighted by molar-refractivity contribution is 5.72. The number of para-hydroxylation sites is 1. The van der Waals surface area contributed by atoms with E-state index in [1.807, 2.05) is 36.4 Å². The van der Waals surface area contributed by atoms with E-state index in [4.69, 9.17) is 9.84 Å². The summed E-state index contributed by atoms with van der Waals surface area (Å²) in [5.41, 5.74) is 2.41. The first-order chi connectivity index (χ1) is 13.2. The van der Waals surface area contributed by atoms with Gasteiger partial charge in [0, 0.05) is 36.1 Å². The van der Waals surface area contributed by atoms with Crippen LogP contribution in [0.1, 0.15) is 5.56 Å². The van der Waals surface area contributed by atoms with Crippen molar-refractivity contribution >= 4 is 17.7 Å². The number of ether oxygens (including phenoxy) is 1. The fourth-order valence-electron chi connectivity index (χ4n) is 2.47. The smallest absolute Gasteiger partial charge is 0.322 e. The lowest BCUT2D eigenvalue weighted by molar-refractivity contribution is -0.134. The minimum absolute atomic E-state index is 0.223. The summed E-state index contributed by atoms with van der Waals surface area (Å²) < 4.78 is 5.36. The number of aliphatic carboxylic acids is 1. The number of hydrogen-bond acceptors (Lipinski definition) is 7. The maximum Gasteiger partial charge on any atom is 0.322 e. The molecule has 3 rings (SSSR count). The molecule has 0 atom stereocenters. The van der Waals surface area contributed by atoms with Crippen LogP contribution < -0.4 is 15.4 Å². The molecule has 0 radical (unpaired) electrons. The molecule has 0 spiro atoms.